The summed E-state index contributed by atoms with van der Waals surface area (Å²) >= 11 is 0. The van der Waals surface area contributed by atoms with Crippen LogP contribution in [0.2, 0.25) is 0 Å². The van der Waals surface area contributed by atoms with E-state index in [1.807, 2.05) is 38.1 Å². The Labute approximate surface area is 128 Å². The van der Waals surface area contributed by atoms with E-state index >= 15 is 0 Å². The predicted molar refractivity (Wildman–Crippen MR) is 85.1 cm³/mol. The number of ether oxygens (including phenoxy) is 1. The van der Waals surface area contributed by atoms with Crippen LogP contribution in [0.1, 0.15) is 38.2 Å². The maximum atomic E-state index is 12.1. The molecule has 0 amide bonds. The van der Waals surface area contributed by atoms with Gasteiger partial charge in [-0.25, -0.2) is 12.7 Å². The van der Waals surface area contributed by atoms with Crippen molar-refractivity contribution in [3.8, 4) is 5.75 Å². The molecule has 0 aromatic heterocycles. The van der Waals surface area contributed by atoms with Crippen molar-refractivity contribution in [1.82, 2.24) is 4.31 Å². The molecule has 21 heavy (non-hydrogen) atoms. The van der Waals surface area contributed by atoms with Gasteiger partial charge in [0.15, 0.2) is 0 Å². The maximum absolute atomic E-state index is 12.1. The van der Waals surface area contributed by atoms with E-state index in [9.17, 15) is 8.42 Å². The summed E-state index contributed by atoms with van der Waals surface area (Å²) in [6, 6.07) is 8.00. The van der Waals surface area contributed by atoms with Crippen LogP contribution in [0, 0.1) is 6.92 Å². The third-order valence-corrected chi connectivity index (χ3v) is 5.83. The standard InChI is InChI=1S/C16H25NO3S/c1-3-4-13-21(18,19)17-11-9-16(10-12-17)20-15-7-5-14(2)6-8-15/h5-8,16H,3-4,9-13H2,1-2H3. The lowest BCUT2D eigenvalue weighted by Crippen LogP contribution is -2.42. The number of hydrogen-bond donors (Lipinski definition) is 0. The summed E-state index contributed by atoms with van der Waals surface area (Å²) in [6.45, 7) is 5.20. The molecule has 0 aliphatic carbocycles. The molecule has 0 bridgehead atoms. The Bertz CT molecular complexity index is 531. The predicted octanol–water partition coefficient (Wildman–Crippen LogP) is 2.97. The molecule has 1 aliphatic heterocycles. The number of rotatable bonds is 6. The zero-order valence-electron chi connectivity index (χ0n) is 12.9. The minimum absolute atomic E-state index is 0.116. The van der Waals surface area contributed by atoms with Gasteiger partial charge in [-0.05, 0) is 38.3 Å². The van der Waals surface area contributed by atoms with Crippen molar-refractivity contribution in [2.24, 2.45) is 0 Å². The van der Waals surface area contributed by atoms with E-state index in [1.165, 1.54) is 5.56 Å². The maximum Gasteiger partial charge on any atom is 0.214 e. The van der Waals surface area contributed by atoms with E-state index in [4.69, 9.17) is 4.74 Å². The van der Waals surface area contributed by atoms with Gasteiger partial charge >= 0.3 is 0 Å². The van der Waals surface area contributed by atoms with Crippen molar-refractivity contribution in [2.75, 3.05) is 18.8 Å². The molecule has 0 atom stereocenters. The summed E-state index contributed by atoms with van der Waals surface area (Å²) in [6.07, 6.45) is 3.29. The van der Waals surface area contributed by atoms with Crippen molar-refractivity contribution in [3.63, 3.8) is 0 Å². The van der Waals surface area contributed by atoms with Gasteiger partial charge in [0, 0.05) is 13.1 Å². The van der Waals surface area contributed by atoms with Crippen LogP contribution < -0.4 is 4.74 Å². The highest BCUT2D eigenvalue weighted by atomic mass is 32.2. The molecule has 1 heterocycles. The summed E-state index contributed by atoms with van der Waals surface area (Å²) in [4.78, 5) is 0. The number of benzene rings is 1. The van der Waals surface area contributed by atoms with Gasteiger partial charge in [0.05, 0.1) is 5.75 Å². The van der Waals surface area contributed by atoms with E-state index in [0.717, 1.165) is 31.4 Å². The second-order valence-corrected chi connectivity index (χ2v) is 7.79. The van der Waals surface area contributed by atoms with Crippen LogP contribution in [-0.2, 0) is 10.0 Å². The Morgan fingerprint density at radius 2 is 1.81 bits per heavy atom. The van der Waals surface area contributed by atoms with Gasteiger partial charge in [0.25, 0.3) is 0 Å². The van der Waals surface area contributed by atoms with Crippen LogP contribution >= 0.6 is 0 Å². The first-order chi connectivity index (χ1) is 10.0. The number of aryl methyl sites for hydroxylation is 1. The quantitative estimate of drug-likeness (QED) is 0.811. The number of sulfonamides is 1. The Morgan fingerprint density at radius 1 is 1.19 bits per heavy atom. The zero-order chi connectivity index (χ0) is 15.3. The highest BCUT2D eigenvalue weighted by molar-refractivity contribution is 7.89. The lowest BCUT2D eigenvalue weighted by atomic mass is 10.1. The number of unbranched alkanes of at least 4 members (excludes halogenated alkanes) is 1. The highest BCUT2D eigenvalue weighted by Crippen LogP contribution is 2.21. The number of piperidine rings is 1. The van der Waals surface area contributed by atoms with E-state index in [-0.39, 0.29) is 11.9 Å². The first-order valence-electron chi connectivity index (χ1n) is 7.72. The van der Waals surface area contributed by atoms with Crippen LogP contribution in [0.4, 0.5) is 0 Å². The normalized spacial score (nSPS) is 17.8. The van der Waals surface area contributed by atoms with E-state index in [2.05, 4.69) is 0 Å². The Balaban J connectivity index is 1.84. The summed E-state index contributed by atoms with van der Waals surface area (Å²) in [7, 11) is -3.07. The SMILES string of the molecule is CCCCS(=O)(=O)N1CCC(Oc2ccc(C)cc2)CC1. The molecule has 0 N–H and O–H groups in total. The Morgan fingerprint density at radius 3 is 2.38 bits per heavy atom. The van der Waals surface area contributed by atoms with Crippen molar-refractivity contribution in [2.45, 2.75) is 45.6 Å². The van der Waals surface area contributed by atoms with Crippen molar-refractivity contribution >= 4 is 10.0 Å². The minimum atomic E-state index is -3.07. The number of hydrogen-bond acceptors (Lipinski definition) is 3. The highest BCUT2D eigenvalue weighted by Gasteiger charge is 2.28. The molecule has 0 radical (unpaired) electrons. The van der Waals surface area contributed by atoms with Crippen LogP contribution in [0.5, 0.6) is 5.75 Å². The van der Waals surface area contributed by atoms with Crippen LogP contribution in [0.25, 0.3) is 0 Å². The average Bonchev–Trinajstić information content (AvgIpc) is 2.48. The summed E-state index contributed by atoms with van der Waals surface area (Å²) < 4.78 is 31.8. The first-order valence-corrected chi connectivity index (χ1v) is 9.33. The molecular formula is C16H25NO3S. The molecule has 1 saturated heterocycles. The van der Waals surface area contributed by atoms with Crippen LogP contribution in [0.15, 0.2) is 24.3 Å². The molecule has 1 aliphatic rings. The molecule has 2 rings (SSSR count). The summed E-state index contributed by atoms with van der Waals surface area (Å²) in [5.41, 5.74) is 1.21. The van der Waals surface area contributed by atoms with Crippen molar-refractivity contribution in [3.05, 3.63) is 29.8 Å². The molecule has 4 nitrogen and oxygen atoms in total. The molecule has 1 aromatic carbocycles. The largest absolute Gasteiger partial charge is 0.490 e. The second kappa shape index (κ2) is 7.27. The zero-order valence-corrected chi connectivity index (χ0v) is 13.7. The van der Waals surface area contributed by atoms with Gasteiger partial charge in [0.1, 0.15) is 11.9 Å². The summed E-state index contributed by atoms with van der Waals surface area (Å²) in [5, 5.41) is 0. The molecule has 118 valence electrons. The monoisotopic (exact) mass is 311 g/mol. The fourth-order valence-electron chi connectivity index (χ4n) is 2.49. The van der Waals surface area contributed by atoms with Gasteiger partial charge < -0.3 is 4.74 Å². The van der Waals surface area contributed by atoms with E-state index in [0.29, 0.717) is 13.1 Å². The van der Waals surface area contributed by atoms with Gasteiger partial charge in [-0.15, -0.1) is 0 Å². The van der Waals surface area contributed by atoms with Gasteiger partial charge in [-0.2, -0.15) is 0 Å². The average molecular weight is 311 g/mol. The number of nitrogens with zero attached hydrogens (tertiary/aromatic N) is 1. The first kappa shape index (κ1) is 16.3. The second-order valence-electron chi connectivity index (χ2n) is 5.70. The molecule has 0 saturated carbocycles. The van der Waals surface area contributed by atoms with Crippen molar-refractivity contribution < 1.29 is 13.2 Å². The molecule has 0 unspecified atom stereocenters. The van der Waals surface area contributed by atoms with E-state index < -0.39 is 10.0 Å². The Hall–Kier alpha value is -1.07. The molecular weight excluding hydrogens is 286 g/mol. The van der Waals surface area contributed by atoms with Crippen LogP contribution in [0.3, 0.4) is 0 Å². The molecule has 1 aromatic rings. The van der Waals surface area contributed by atoms with Gasteiger partial charge in [-0.1, -0.05) is 31.0 Å². The third kappa shape index (κ3) is 4.71. The fourth-order valence-corrected chi connectivity index (χ4v) is 4.17. The van der Waals surface area contributed by atoms with Gasteiger partial charge in [-0.3, -0.25) is 0 Å². The van der Waals surface area contributed by atoms with Crippen molar-refractivity contribution in [1.29, 1.82) is 0 Å². The summed E-state index contributed by atoms with van der Waals surface area (Å²) in [5.74, 6) is 1.14. The fraction of sp³-hybridized carbons (Fsp3) is 0.625. The molecule has 0 spiro atoms. The topological polar surface area (TPSA) is 46.6 Å². The van der Waals surface area contributed by atoms with Gasteiger partial charge in [0.2, 0.25) is 10.0 Å². The lowest BCUT2D eigenvalue weighted by molar-refractivity contribution is 0.135. The van der Waals surface area contributed by atoms with E-state index in [1.54, 1.807) is 4.31 Å². The van der Waals surface area contributed by atoms with Crippen LogP contribution in [-0.4, -0.2) is 37.7 Å². The minimum Gasteiger partial charge on any atom is -0.490 e. The Kier molecular flexibility index (Phi) is 5.65. The smallest absolute Gasteiger partial charge is 0.214 e. The molecule has 5 heteroatoms. The lowest BCUT2D eigenvalue weighted by Gasteiger charge is -2.31. The third-order valence-electron chi connectivity index (χ3n) is 3.87. The molecule has 1 fully saturated rings.